The predicted octanol–water partition coefficient (Wildman–Crippen LogP) is 3.49. The van der Waals surface area contributed by atoms with E-state index in [9.17, 15) is 14.0 Å². The first kappa shape index (κ1) is 20.9. The molecule has 0 fully saturated rings. The molecule has 1 N–H and O–H groups in total. The second-order valence-electron chi connectivity index (χ2n) is 7.63. The van der Waals surface area contributed by atoms with Crippen LogP contribution in [0.2, 0.25) is 0 Å². The number of methoxy groups -OCH3 is 1. The van der Waals surface area contributed by atoms with E-state index < -0.39 is 23.3 Å². The van der Waals surface area contributed by atoms with Crippen LogP contribution in [0.5, 0.6) is 0 Å². The van der Waals surface area contributed by atoms with Gasteiger partial charge in [-0.3, -0.25) is 13.9 Å². The Bertz CT molecular complexity index is 795. The van der Waals surface area contributed by atoms with Crippen molar-refractivity contribution in [3.8, 4) is 0 Å². The average molecular weight is 377 g/mol. The number of benzene rings is 1. The summed E-state index contributed by atoms with van der Waals surface area (Å²) >= 11 is 0. The predicted molar refractivity (Wildman–Crippen MR) is 102 cm³/mol. The minimum atomic E-state index is -0.788. The summed E-state index contributed by atoms with van der Waals surface area (Å²) in [6.07, 6.45) is 2.07. The van der Waals surface area contributed by atoms with Crippen LogP contribution < -0.4 is 5.32 Å². The fourth-order valence-corrected chi connectivity index (χ4v) is 2.94. The molecule has 0 saturated carbocycles. The van der Waals surface area contributed by atoms with Gasteiger partial charge in [0, 0.05) is 11.9 Å². The third-order valence-electron chi connectivity index (χ3n) is 4.45. The van der Waals surface area contributed by atoms with E-state index >= 15 is 0 Å². The molecule has 0 aliphatic carbocycles. The van der Waals surface area contributed by atoms with Gasteiger partial charge in [0.1, 0.15) is 6.04 Å². The third-order valence-corrected chi connectivity index (χ3v) is 4.45. The maximum atomic E-state index is 12.9. The molecule has 0 saturated heterocycles. The molecular formula is C20H28FN3O3. The number of aryl methyl sites for hydroxylation is 1. The van der Waals surface area contributed by atoms with Gasteiger partial charge in [-0.25, -0.2) is 4.79 Å². The standard InChI is InChI=1S/C20H28FN3O3/c1-20(2,3)17(19(26)27-4)22-18(25)16-14-10-6-7-11-15(14)24(23-16)13-9-5-8-12-21/h6-7,10-11,17H,5,8-9,12-13H2,1-4H3,(H,22,25)/t17-/m0/s1. The fraction of sp³-hybridized carbons (Fsp3) is 0.550. The van der Waals surface area contributed by atoms with Crippen LogP contribution in [0.4, 0.5) is 4.39 Å². The quantitative estimate of drug-likeness (QED) is 0.564. The van der Waals surface area contributed by atoms with Gasteiger partial charge < -0.3 is 10.1 Å². The summed E-state index contributed by atoms with van der Waals surface area (Å²) in [4.78, 5) is 25.0. The van der Waals surface area contributed by atoms with E-state index in [2.05, 4.69) is 10.4 Å². The summed E-state index contributed by atoms with van der Waals surface area (Å²) in [5.41, 5.74) is 0.607. The van der Waals surface area contributed by atoms with E-state index in [1.54, 1.807) is 4.68 Å². The lowest BCUT2D eigenvalue weighted by Gasteiger charge is -2.28. The number of aromatic nitrogens is 2. The first-order chi connectivity index (χ1) is 12.8. The van der Waals surface area contributed by atoms with Crippen LogP contribution in [0.25, 0.3) is 10.9 Å². The Morgan fingerprint density at radius 3 is 2.56 bits per heavy atom. The fourth-order valence-electron chi connectivity index (χ4n) is 2.94. The summed E-state index contributed by atoms with van der Waals surface area (Å²) in [6.45, 7) is 5.85. The van der Waals surface area contributed by atoms with Gasteiger partial charge in [-0.1, -0.05) is 39.0 Å². The van der Waals surface area contributed by atoms with Crippen LogP contribution >= 0.6 is 0 Å². The molecule has 2 aromatic rings. The molecule has 1 aromatic carbocycles. The summed E-state index contributed by atoms with van der Waals surface area (Å²) < 4.78 is 18.9. The molecule has 1 atom stereocenters. The number of hydrogen-bond donors (Lipinski definition) is 1. The number of para-hydroxylation sites is 1. The van der Waals surface area contributed by atoms with Crippen molar-refractivity contribution < 1.29 is 18.7 Å². The van der Waals surface area contributed by atoms with E-state index in [0.29, 0.717) is 13.0 Å². The molecule has 27 heavy (non-hydrogen) atoms. The van der Waals surface area contributed by atoms with E-state index in [1.807, 2.05) is 45.0 Å². The second kappa shape index (κ2) is 8.97. The molecule has 2 rings (SSSR count). The maximum Gasteiger partial charge on any atom is 0.328 e. The van der Waals surface area contributed by atoms with Crippen LogP contribution in [0, 0.1) is 5.41 Å². The molecule has 0 aliphatic heterocycles. The number of hydrogen-bond acceptors (Lipinski definition) is 4. The van der Waals surface area contributed by atoms with Crippen molar-refractivity contribution >= 4 is 22.8 Å². The zero-order chi connectivity index (χ0) is 20.0. The number of amides is 1. The van der Waals surface area contributed by atoms with Crippen LogP contribution in [-0.4, -0.2) is 41.5 Å². The van der Waals surface area contributed by atoms with Crippen molar-refractivity contribution in [1.29, 1.82) is 0 Å². The summed E-state index contributed by atoms with van der Waals surface area (Å²) in [5, 5.41) is 7.95. The number of rotatable bonds is 8. The van der Waals surface area contributed by atoms with E-state index in [-0.39, 0.29) is 12.4 Å². The minimum Gasteiger partial charge on any atom is -0.467 e. The summed E-state index contributed by atoms with van der Waals surface area (Å²) in [6, 6.07) is 6.67. The Kier molecular flexibility index (Phi) is 6.93. The number of fused-ring (bicyclic) bond motifs is 1. The first-order valence-electron chi connectivity index (χ1n) is 9.19. The highest BCUT2D eigenvalue weighted by molar-refractivity contribution is 6.06. The lowest BCUT2D eigenvalue weighted by atomic mass is 9.86. The Morgan fingerprint density at radius 1 is 1.22 bits per heavy atom. The minimum absolute atomic E-state index is 0.272. The van der Waals surface area contributed by atoms with Crippen molar-refractivity contribution in [3.05, 3.63) is 30.0 Å². The second-order valence-corrected chi connectivity index (χ2v) is 7.63. The summed E-state index contributed by atoms with van der Waals surface area (Å²) in [7, 11) is 1.30. The molecule has 1 heterocycles. The number of nitrogens with zero attached hydrogens (tertiary/aromatic N) is 2. The topological polar surface area (TPSA) is 73.2 Å². The molecule has 148 valence electrons. The van der Waals surface area contributed by atoms with Gasteiger partial charge in [-0.2, -0.15) is 5.10 Å². The van der Waals surface area contributed by atoms with Crippen molar-refractivity contribution in [2.75, 3.05) is 13.8 Å². The maximum absolute atomic E-state index is 12.9. The number of nitrogens with one attached hydrogen (secondary N) is 1. The number of unbranched alkanes of at least 4 members (excludes halogenated alkanes) is 2. The molecule has 0 spiro atoms. The highest BCUT2D eigenvalue weighted by Crippen LogP contribution is 2.23. The van der Waals surface area contributed by atoms with E-state index in [1.165, 1.54) is 7.11 Å². The van der Waals surface area contributed by atoms with Crippen LogP contribution in [0.15, 0.2) is 24.3 Å². The van der Waals surface area contributed by atoms with E-state index in [0.717, 1.165) is 23.7 Å². The normalized spacial score (nSPS) is 12.8. The molecule has 7 heteroatoms. The highest BCUT2D eigenvalue weighted by Gasteiger charge is 2.34. The smallest absolute Gasteiger partial charge is 0.328 e. The first-order valence-corrected chi connectivity index (χ1v) is 9.19. The van der Waals surface area contributed by atoms with Crippen LogP contribution in [-0.2, 0) is 16.1 Å². The van der Waals surface area contributed by atoms with Crippen LogP contribution in [0.1, 0.15) is 50.5 Å². The molecule has 0 bridgehead atoms. The third kappa shape index (κ3) is 5.05. The number of alkyl halides is 1. The van der Waals surface area contributed by atoms with Gasteiger partial charge >= 0.3 is 5.97 Å². The van der Waals surface area contributed by atoms with Gasteiger partial charge in [0.15, 0.2) is 5.69 Å². The SMILES string of the molecule is COC(=O)[C@H](NC(=O)c1nn(CCCCCF)c2ccccc12)C(C)(C)C. The Labute approximate surface area is 159 Å². The van der Waals surface area contributed by atoms with E-state index in [4.69, 9.17) is 4.74 Å². The molecule has 0 radical (unpaired) electrons. The Balaban J connectivity index is 2.28. The molecule has 0 unspecified atom stereocenters. The lowest BCUT2D eigenvalue weighted by Crippen LogP contribution is -2.49. The zero-order valence-corrected chi connectivity index (χ0v) is 16.4. The van der Waals surface area contributed by atoms with Gasteiger partial charge in [0.25, 0.3) is 5.91 Å². The van der Waals surface area contributed by atoms with Crippen molar-refractivity contribution in [2.24, 2.45) is 5.41 Å². The number of esters is 1. The van der Waals surface area contributed by atoms with Crippen LogP contribution in [0.3, 0.4) is 0 Å². The largest absolute Gasteiger partial charge is 0.467 e. The van der Waals surface area contributed by atoms with Gasteiger partial charge in [-0.15, -0.1) is 0 Å². The Hall–Kier alpha value is -2.44. The number of carbonyl (C=O) groups excluding carboxylic acids is 2. The van der Waals surface area contributed by atoms with Gasteiger partial charge in [-0.05, 0) is 30.7 Å². The molecule has 6 nitrogen and oxygen atoms in total. The van der Waals surface area contributed by atoms with Gasteiger partial charge in [0.2, 0.25) is 0 Å². The van der Waals surface area contributed by atoms with Gasteiger partial charge in [0.05, 0.1) is 19.3 Å². The molecule has 1 aromatic heterocycles. The Morgan fingerprint density at radius 2 is 1.93 bits per heavy atom. The lowest BCUT2D eigenvalue weighted by molar-refractivity contribution is -0.145. The average Bonchev–Trinajstić information content (AvgIpc) is 3.00. The van der Waals surface area contributed by atoms with Crippen molar-refractivity contribution in [1.82, 2.24) is 15.1 Å². The molecule has 0 aliphatic rings. The van der Waals surface area contributed by atoms with Crippen molar-refractivity contribution in [3.63, 3.8) is 0 Å². The zero-order valence-electron chi connectivity index (χ0n) is 16.4. The monoisotopic (exact) mass is 377 g/mol. The number of halogens is 1. The number of ether oxygens (including phenoxy) is 1. The molecule has 1 amide bonds. The molecular weight excluding hydrogens is 349 g/mol. The summed E-state index contributed by atoms with van der Waals surface area (Å²) in [5.74, 6) is -0.912. The highest BCUT2D eigenvalue weighted by atomic mass is 19.1. The van der Waals surface area contributed by atoms with Crippen molar-refractivity contribution in [2.45, 2.75) is 52.6 Å². The number of carbonyl (C=O) groups is 2.